The lowest BCUT2D eigenvalue weighted by atomic mass is 9.98. The van der Waals surface area contributed by atoms with Gasteiger partial charge in [-0.3, -0.25) is 4.98 Å². The molecule has 7 heteroatoms. The highest BCUT2D eigenvalue weighted by Gasteiger charge is 2.29. The summed E-state index contributed by atoms with van der Waals surface area (Å²) in [4.78, 5) is 28.4. The molecule has 1 heterocycles. The summed E-state index contributed by atoms with van der Waals surface area (Å²) < 4.78 is 5.47. The van der Waals surface area contributed by atoms with Crippen molar-refractivity contribution in [2.24, 2.45) is 0 Å². The van der Waals surface area contributed by atoms with E-state index in [0.29, 0.717) is 5.75 Å². The van der Waals surface area contributed by atoms with E-state index in [0.717, 1.165) is 33.5 Å². The van der Waals surface area contributed by atoms with Crippen molar-refractivity contribution in [3.8, 4) is 11.1 Å². The number of carbonyl (C=O) groups is 2. The number of pyridine rings is 1. The number of carboxylic acid groups (broad SMARTS) is 1. The molecule has 0 saturated heterocycles. The number of aryl methyl sites for hydroxylation is 1. The Hall–Kier alpha value is -3.32. The minimum absolute atomic E-state index is 0.0714. The van der Waals surface area contributed by atoms with Crippen molar-refractivity contribution in [1.29, 1.82) is 0 Å². The summed E-state index contributed by atoms with van der Waals surface area (Å²) in [5.74, 6) is -0.375. The first-order valence-corrected chi connectivity index (χ1v) is 11.5. The highest BCUT2D eigenvalue weighted by molar-refractivity contribution is 7.98. The van der Waals surface area contributed by atoms with Gasteiger partial charge in [-0.05, 0) is 40.8 Å². The molecular weight excluding hydrogens is 424 g/mol. The molecule has 0 aliphatic heterocycles. The van der Waals surface area contributed by atoms with Crippen LogP contribution in [-0.4, -0.2) is 40.6 Å². The Kier molecular flexibility index (Phi) is 6.75. The maximum atomic E-state index is 12.4. The molecule has 3 aromatic rings. The molecule has 164 valence electrons. The largest absolute Gasteiger partial charge is 0.480 e. The SMILES string of the molecule is Cc1cccnc1CSCC(NC(=O)OCC1c2ccccc2-c2ccccc21)C(=O)O. The number of carboxylic acids is 1. The Morgan fingerprint density at radius 1 is 1.06 bits per heavy atom. The van der Waals surface area contributed by atoms with Gasteiger partial charge in [0.1, 0.15) is 12.6 Å². The van der Waals surface area contributed by atoms with Crippen LogP contribution >= 0.6 is 11.8 Å². The number of benzene rings is 2. The molecule has 2 aromatic carbocycles. The fraction of sp³-hybridized carbons (Fsp3) is 0.240. The molecule has 1 aromatic heterocycles. The van der Waals surface area contributed by atoms with Gasteiger partial charge >= 0.3 is 12.1 Å². The zero-order valence-corrected chi connectivity index (χ0v) is 18.5. The summed E-state index contributed by atoms with van der Waals surface area (Å²) in [6.45, 7) is 2.11. The maximum Gasteiger partial charge on any atom is 0.407 e. The van der Waals surface area contributed by atoms with E-state index in [9.17, 15) is 14.7 Å². The Balaban J connectivity index is 1.34. The third kappa shape index (κ3) is 4.78. The van der Waals surface area contributed by atoms with Gasteiger partial charge in [0.05, 0.1) is 5.69 Å². The molecule has 1 aliphatic carbocycles. The lowest BCUT2D eigenvalue weighted by molar-refractivity contribution is -0.138. The van der Waals surface area contributed by atoms with E-state index in [-0.39, 0.29) is 18.3 Å². The molecule has 32 heavy (non-hydrogen) atoms. The van der Waals surface area contributed by atoms with Crippen molar-refractivity contribution in [3.63, 3.8) is 0 Å². The molecule has 0 saturated carbocycles. The molecule has 0 bridgehead atoms. The molecule has 1 amide bonds. The van der Waals surface area contributed by atoms with Crippen LogP contribution in [0.1, 0.15) is 28.3 Å². The fourth-order valence-electron chi connectivity index (χ4n) is 3.90. The zero-order chi connectivity index (χ0) is 22.5. The number of ether oxygens (including phenoxy) is 1. The third-order valence-corrected chi connectivity index (χ3v) is 6.62. The van der Waals surface area contributed by atoms with Gasteiger partial charge in [-0.1, -0.05) is 54.6 Å². The standard InChI is InChI=1S/C25H24N2O4S/c1-16-7-6-12-26-22(16)14-32-15-23(24(28)29)27-25(30)31-13-21-19-10-4-2-8-17(19)18-9-3-5-11-20(18)21/h2-12,21,23H,13-15H2,1H3,(H,27,30)(H,28,29). The zero-order valence-electron chi connectivity index (χ0n) is 17.7. The number of amides is 1. The van der Waals surface area contributed by atoms with Crippen molar-refractivity contribution >= 4 is 23.8 Å². The summed E-state index contributed by atoms with van der Waals surface area (Å²) in [5, 5.41) is 12.0. The number of carbonyl (C=O) groups excluding carboxylic acids is 1. The molecule has 6 nitrogen and oxygen atoms in total. The number of nitrogens with one attached hydrogen (secondary N) is 1. The lowest BCUT2D eigenvalue weighted by Gasteiger charge is -2.17. The molecule has 1 aliphatic rings. The van der Waals surface area contributed by atoms with Gasteiger partial charge in [-0.15, -0.1) is 0 Å². The smallest absolute Gasteiger partial charge is 0.407 e. The van der Waals surface area contributed by atoms with Gasteiger partial charge in [-0.25, -0.2) is 9.59 Å². The summed E-state index contributed by atoms with van der Waals surface area (Å²) >= 11 is 1.41. The van der Waals surface area contributed by atoms with Crippen molar-refractivity contribution in [1.82, 2.24) is 10.3 Å². The number of aromatic nitrogens is 1. The molecule has 0 fully saturated rings. The molecule has 1 atom stereocenters. The highest BCUT2D eigenvalue weighted by atomic mass is 32.2. The fourth-order valence-corrected chi connectivity index (χ4v) is 4.97. The van der Waals surface area contributed by atoms with Gasteiger partial charge in [0, 0.05) is 23.6 Å². The summed E-state index contributed by atoms with van der Waals surface area (Å²) in [5.41, 5.74) is 6.46. The first-order chi connectivity index (χ1) is 15.5. The van der Waals surface area contributed by atoms with Crippen LogP contribution in [0.4, 0.5) is 4.79 Å². The highest BCUT2D eigenvalue weighted by Crippen LogP contribution is 2.44. The van der Waals surface area contributed by atoms with Crippen molar-refractivity contribution in [2.75, 3.05) is 12.4 Å². The second kappa shape index (κ2) is 9.87. The van der Waals surface area contributed by atoms with Gasteiger partial charge in [-0.2, -0.15) is 11.8 Å². The average molecular weight is 449 g/mol. The Morgan fingerprint density at radius 3 is 2.34 bits per heavy atom. The normalized spacial score (nSPS) is 13.2. The lowest BCUT2D eigenvalue weighted by Crippen LogP contribution is -2.43. The van der Waals surface area contributed by atoms with E-state index in [1.54, 1.807) is 6.20 Å². The topological polar surface area (TPSA) is 88.5 Å². The van der Waals surface area contributed by atoms with Crippen LogP contribution in [0.2, 0.25) is 0 Å². The van der Waals surface area contributed by atoms with Crippen LogP contribution < -0.4 is 5.32 Å². The molecule has 0 spiro atoms. The Morgan fingerprint density at radius 2 is 1.72 bits per heavy atom. The second-order valence-corrected chi connectivity index (χ2v) is 8.67. The quantitative estimate of drug-likeness (QED) is 0.523. The molecule has 4 rings (SSSR count). The number of rotatable bonds is 8. The first kappa shape index (κ1) is 21.9. The number of thioether (sulfide) groups is 1. The van der Waals surface area contributed by atoms with Crippen molar-refractivity contribution < 1.29 is 19.4 Å². The summed E-state index contributed by atoms with van der Waals surface area (Å²) in [6.07, 6.45) is 0.987. The van der Waals surface area contributed by atoms with Crippen LogP contribution in [0, 0.1) is 6.92 Å². The van der Waals surface area contributed by atoms with E-state index in [1.807, 2.05) is 55.5 Å². The van der Waals surface area contributed by atoms with Gasteiger partial charge in [0.2, 0.25) is 0 Å². The second-order valence-electron chi connectivity index (χ2n) is 7.64. The van der Waals surface area contributed by atoms with Crippen LogP contribution in [0.3, 0.4) is 0 Å². The number of fused-ring (bicyclic) bond motifs is 3. The van der Waals surface area contributed by atoms with Gasteiger partial charge in [0.25, 0.3) is 0 Å². The Bertz CT molecular complexity index is 1090. The van der Waals surface area contributed by atoms with Crippen LogP contribution in [-0.2, 0) is 15.3 Å². The van der Waals surface area contributed by atoms with Gasteiger partial charge in [0.15, 0.2) is 0 Å². The minimum Gasteiger partial charge on any atom is -0.480 e. The molecule has 0 radical (unpaired) electrons. The van der Waals surface area contributed by atoms with E-state index < -0.39 is 18.1 Å². The number of aliphatic carboxylic acids is 1. The van der Waals surface area contributed by atoms with Crippen LogP contribution in [0.25, 0.3) is 11.1 Å². The minimum atomic E-state index is -1.09. The van der Waals surface area contributed by atoms with Crippen molar-refractivity contribution in [3.05, 3.63) is 89.2 Å². The molecule has 2 N–H and O–H groups in total. The predicted molar refractivity (Wildman–Crippen MR) is 125 cm³/mol. The van der Waals surface area contributed by atoms with Gasteiger partial charge < -0.3 is 15.2 Å². The van der Waals surface area contributed by atoms with Crippen LogP contribution in [0.5, 0.6) is 0 Å². The summed E-state index contributed by atoms with van der Waals surface area (Å²) in [7, 11) is 0. The third-order valence-electron chi connectivity index (χ3n) is 5.58. The molecular formula is C25H24N2O4S. The monoisotopic (exact) mass is 448 g/mol. The van der Waals surface area contributed by atoms with Crippen LogP contribution in [0.15, 0.2) is 66.9 Å². The number of hydrogen-bond acceptors (Lipinski definition) is 5. The maximum absolute atomic E-state index is 12.4. The van der Waals surface area contributed by atoms with E-state index in [2.05, 4.69) is 22.4 Å². The van der Waals surface area contributed by atoms with Crippen molar-refractivity contribution in [2.45, 2.75) is 24.6 Å². The Labute approximate surface area is 191 Å². The number of nitrogens with zero attached hydrogens (tertiary/aromatic N) is 1. The average Bonchev–Trinajstić information content (AvgIpc) is 3.12. The van der Waals surface area contributed by atoms with E-state index in [4.69, 9.17) is 4.74 Å². The summed E-state index contributed by atoms with van der Waals surface area (Å²) in [6, 6.07) is 18.9. The molecule has 1 unspecified atom stereocenters. The first-order valence-electron chi connectivity index (χ1n) is 10.4. The number of hydrogen-bond donors (Lipinski definition) is 2. The van der Waals surface area contributed by atoms with E-state index >= 15 is 0 Å². The number of alkyl carbamates (subject to hydrolysis) is 1. The predicted octanol–water partition coefficient (Wildman–Crippen LogP) is 4.62. The van der Waals surface area contributed by atoms with E-state index in [1.165, 1.54) is 11.8 Å².